The highest BCUT2D eigenvalue weighted by molar-refractivity contribution is 7.99. The number of nitrogens with one attached hydrogen (secondary N) is 2. The van der Waals surface area contributed by atoms with Crippen LogP contribution in [0.4, 0.5) is 20.2 Å². The van der Waals surface area contributed by atoms with Crippen molar-refractivity contribution < 1.29 is 18.4 Å². The standard InChI is InChI=1S/C26H26F2N2O2S/c1-4-33-21-12-5-17(6-13-21)15-24(31)29-19-9-7-18(8-10-19)26(2,3)25(32)30-20-11-14-22(27)23(28)16-20/h5-14,16H,4,15H2,1-3H3,(H,29,31)(H,30,32). The van der Waals surface area contributed by atoms with Crippen LogP contribution in [0.15, 0.2) is 71.6 Å². The molecule has 172 valence electrons. The van der Waals surface area contributed by atoms with Crippen molar-refractivity contribution in [3.63, 3.8) is 0 Å². The maximum Gasteiger partial charge on any atom is 0.234 e. The Balaban J connectivity index is 1.61. The van der Waals surface area contributed by atoms with Gasteiger partial charge in [0.15, 0.2) is 11.6 Å². The summed E-state index contributed by atoms with van der Waals surface area (Å²) in [5, 5.41) is 5.49. The molecule has 3 aromatic carbocycles. The summed E-state index contributed by atoms with van der Waals surface area (Å²) in [6.45, 7) is 5.56. The van der Waals surface area contributed by atoms with Gasteiger partial charge in [-0.3, -0.25) is 9.59 Å². The summed E-state index contributed by atoms with van der Waals surface area (Å²) in [5.41, 5.74) is 1.51. The molecule has 4 nitrogen and oxygen atoms in total. The van der Waals surface area contributed by atoms with Gasteiger partial charge in [0.2, 0.25) is 11.8 Å². The second kappa shape index (κ2) is 10.6. The molecule has 7 heteroatoms. The zero-order chi connectivity index (χ0) is 24.0. The molecule has 0 bridgehead atoms. The topological polar surface area (TPSA) is 58.2 Å². The lowest BCUT2D eigenvalue weighted by molar-refractivity contribution is -0.120. The molecule has 0 aliphatic rings. The molecule has 0 heterocycles. The van der Waals surface area contributed by atoms with Crippen LogP contribution in [0, 0.1) is 11.6 Å². The number of carbonyl (C=O) groups is 2. The third-order valence-corrected chi connectivity index (χ3v) is 6.13. The Labute approximate surface area is 196 Å². The molecule has 0 aliphatic carbocycles. The smallest absolute Gasteiger partial charge is 0.234 e. The van der Waals surface area contributed by atoms with Gasteiger partial charge in [0.1, 0.15) is 0 Å². The number of hydrogen-bond donors (Lipinski definition) is 2. The third kappa shape index (κ3) is 6.42. The van der Waals surface area contributed by atoms with Gasteiger partial charge in [-0.1, -0.05) is 31.2 Å². The average molecular weight is 469 g/mol. The number of carbonyl (C=O) groups excluding carboxylic acids is 2. The lowest BCUT2D eigenvalue weighted by Crippen LogP contribution is -2.34. The van der Waals surface area contributed by atoms with Crippen molar-refractivity contribution in [3.8, 4) is 0 Å². The van der Waals surface area contributed by atoms with Gasteiger partial charge in [0.05, 0.1) is 11.8 Å². The predicted octanol–water partition coefficient (Wildman–Crippen LogP) is 6.17. The number of thioether (sulfide) groups is 1. The van der Waals surface area contributed by atoms with Gasteiger partial charge in [0.25, 0.3) is 0 Å². The minimum atomic E-state index is -1.03. The van der Waals surface area contributed by atoms with E-state index in [1.54, 1.807) is 49.9 Å². The van der Waals surface area contributed by atoms with Crippen LogP contribution in [0.1, 0.15) is 31.9 Å². The number of amides is 2. The van der Waals surface area contributed by atoms with Gasteiger partial charge in [-0.2, -0.15) is 0 Å². The number of benzene rings is 3. The fourth-order valence-electron chi connectivity index (χ4n) is 3.22. The van der Waals surface area contributed by atoms with Crippen molar-refractivity contribution in [2.75, 3.05) is 16.4 Å². The highest BCUT2D eigenvalue weighted by Crippen LogP contribution is 2.27. The summed E-state index contributed by atoms with van der Waals surface area (Å²) >= 11 is 1.75. The molecule has 0 saturated carbocycles. The second-order valence-corrected chi connectivity index (χ2v) is 9.42. The van der Waals surface area contributed by atoms with Crippen LogP contribution in [0.3, 0.4) is 0 Å². The van der Waals surface area contributed by atoms with E-state index in [2.05, 4.69) is 17.6 Å². The van der Waals surface area contributed by atoms with Crippen LogP contribution in [0.25, 0.3) is 0 Å². The van der Waals surface area contributed by atoms with Crippen LogP contribution in [-0.2, 0) is 21.4 Å². The fraction of sp³-hybridized carbons (Fsp3) is 0.231. The quantitative estimate of drug-likeness (QED) is 0.389. The highest BCUT2D eigenvalue weighted by Gasteiger charge is 2.30. The first-order chi connectivity index (χ1) is 15.7. The molecule has 2 amide bonds. The second-order valence-electron chi connectivity index (χ2n) is 8.09. The molecule has 0 aliphatic heterocycles. The Morgan fingerprint density at radius 1 is 0.848 bits per heavy atom. The van der Waals surface area contributed by atoms with E-state index in [1.165, 1.54) is 11.0 Å². The van der Waals surface area contributed by atoms with Gasteiger partial charge >= 0.3 is 0 Å². The molecule has 3 rings (SSSR count). The van der Waals surface area contributed by atoms with Gasteiger partial charge in [-0.15, -0.1) is 11.8 Å². The van der Waals surface area contributed by atoms with Crippen LogP contribution in [0.5, 0.6) is 0 Å². The highest BCUT2D eigenvalue weighted by atomic mass is 32.2. The van der Waals surface area contributed by atoms with Crippen LogP contribution in [0.2, 0.25) is 0 Å². The summed E-state index contributed by atoms with van der Waals surface area (Å²) in [6.07, 6.45) is 0.265. The van der Waals surface area contributed by atoms with Crippen molar-refractivity contribution in [2.24, 2.45) is 0 Å². The molecule has 33 heavy (non-hydrogen) atoms. The molecule has 0 unspecified atom stereocenters. The number of hydrogen-bond acceptors (Lipinski definition) is 3. The summed E-state index contributed by atoms with van der Waals surface area (Å²) in [6, 6.07) is 18.1. The van der Waals surface area contributed by atoms with Crippen LogP contribution >= 0.6 is 11.8 Å². The molecule has 0 atom stereocenters. The molecular formula is C26H26F2N2O2S. The minimum Gasteiger partial charge on any atom is -0.326 e. The summed E-state index contributed by atoms with van der Waals surface area (Å²) in [4.78, 5) is 26.3. The molecule has 0 radical (unpaired) electrons. The predicted molar refractivity (Wildman–Crippen MR) is 130 cm³/mol. The molecule has 0 spiro atoms. The molecule has 2 N–H and O–H groups in total. The van der Waals surface area contributed by atoms with E-state index in [9.17, 15) is 18.4 Å². The van der Waals surface area contributed by atoms with Crippen LogP contribution < -0.4 is 10.6 Å². The van der Waals surface area contributed by atoms with Gasteiger partial charge in [0, 0.05) is 22.3 Å². The lowest BCUT2D eigenvalue weighted by Gasteiger charge is -2.24. The largest absolute Gasteiger partial charge is 0.326 e. The Morgan fingerprint density at radius 3 is 2.09 bits per heavy atom. The number of anilines is 2. The fourth-order valence-corrected chi connectivity index (χ4v) is 3.89. The monoisotopic (exact) mass is 468 g/mol. The SMILES string of the molecule is CCSc1ccc(CC(=O)Nc2ccc(C(C)(C)C(=O)Nc3ccc(F)c(F)c3)cc2)cc1. The molecular weight excluding hydrogens is 442 g/mol. The van der Waals surface area contributed by atoms with E-state index >= 15 is 0 Å². The van der Waals surface area contributed by atoms with E-state index in [0.717, 1.165) is 23.4 Å². The maximum atomic E-state index is 13.4. The van der Waals surface area contributed by atoms with Crippen molar-refractivity contribution in [3.05, 3.63) is 89.5 Å². The van der Waals surface area contributed by atoms with E-state index < -0.39 is 17.0 Å². The number of halogens is 2. The first kappa shape index (κ1) is 24.5. The summed E-state index contributed by atoms with van der Waals surface area (Å²) in [7, 11) is 0. The molecule has 0 saturated heterocycles. The van der Waals surface area contributed by atoms with Gasteiger partial charge in [-0.05, 0) is 67.1 Å². The van der Waals surface area contributed by atoms with Crippen molar-refractivity contribution >= 4 is 35.0 Å². The Morgan fingerprint density at radius 2 is 1.48 bits per heavy atom. The summed E-state index contributed by atoms with van der Waals surface area (Å²) in [5.74, 6) is -1.50. The Bertz CT molecular complexity index is 1130. The summed E-state index contributed by atoms with van der Waals surface area (Å²) < 4.78 is 26.5. The Kier molecular flexibility index (Phi) is 7.87. The number of rotatable bonds is 8. The van der Waals surface area contributed by atoms with Crippen molar-refractivity contribution in [2.45, 2.75) is 37.5 Å². The van der Waals surface area contributed by atoms with E-state index in [0.29, 0.717) is 11.3 Å². The van der Waals surface area contributed by atoms with Crippen LogP contribution in [-0.4, -0.2) is 17.6 Å². The molecule has 0 fully saturated rings. The van der Waals surface area contributed by atoms with Crippen molar-refractivity contribution in [1.29, 1.82) is 0 Å². The zero-order valence-electron chi connectivity index (χ0n) is 18.7. The van der Waals surface area contributed by atoms with Gasteiger partial charge in [-0.25, -0.2) is 8.78 Å². The van der Waals surface area contributed by atoms with Crippen molar-refractivity contribution in [1.82, 2.24) is 0 Å². The Hall–Kier alpha value is -3.19. The maximum absolute atomic E-state index is 13.4. The first-order valence-electron chi connectivity index (χ1n) is 10.6. The van der Waals surface area contributed by atoms with Gasteiger partial charge < -0.3 is 10.6 Å². The lowest BCUT2D eigenvalue weighted by atomic mass is 9.83. The third-order valence-electron chi connectivity index (χ3n) is 5.23. The van der Waals surface area contributed by atoms with E-state index in [-0.39, 0.29) is 23.9 Å². The molecule has 0 aromatic heterocycles. The first-order valence-corrected chi connectivity index (χ1v) is 11.6. The average Bonchev–Trinajstić information content (AvgIpc) is 2.78. The van der Waals surface area contributed by atoms with E-state index in [1.807, 2.05) is 24.3 Å². The normalized spacial score (nSPS) is 11.2. The zero-order valence-corrected chi connectivity index (χ0v) is 19.6. The van der Waals surface area contributed by atoms with E-state index in [4.69, 9.17) is 0 Å². The minimum absolute atomic E-state index is 0.131. The molecule has 3 aromatic rings.